The van der Waals surface area contributed by atoms with E-state index in [1.165, 1.54) is 37.9 Å². The minimum Gasteiger partial charge on any atom is -0.393 e. The molecule has 2 aromatic rings. The minimum absolute atomic E-state index is 0.169. The molecule has 0 amide bonds. The first-order chi connectivity index (χ1) is 13.2. The van der Waals surface area contributed by atoms with E-state index in [0.29, 0.717) is 6.04 Å². The van der Waals surface area contributed by atoms with Gasteiger partial charge in [0.2, 0.25) is 0 Å². The number of anilines is 1. The van der Waals surface area contributed by atoms with Gasteiger partial charge in [0, 0.05) is 30.9 Å². The van der Waals surface area contributed by atoms with E-state index in [4.69, 9.17) is 4.98 Å². The van der Waals surface area contributed by atoms with Crippen molar-refractivity contribution in [1.82, 2.24) is 14.9 Å². The second-order valence-electron chi connectivity index (χ2n) is 7.85. The molecule has 1 atom stereocenters. The van der Waals surface area contributed by atoms with Crippen LogP contribution in [-0.2, 0) is 0 Å². The van der Waals surface area contributed by atoms with Gasteiger partial charge >= 0.3 is 0 Å². The van der Waals surface area contributed by atoms with Gasteiger partial charge in [-0.3, -0.25) is 4.90 Å². The largest absolute Gasteiger partial charge is 0.393 e. The number of nitrogens with zero attached hydrogens (tertiary/aromatic N) is 4. The Hall–Kier alpha value is -1.98. The number of aliphatic hydroxyl groups excluding tert-OH is 1. The topological polar surface area (TPSA) is 52.5 Å². The van der Waals surface area contributed by atoms with Crippen molar-refractivity contribution in [1.29, 1.82) is 0 Å². The number of piperidine rings is 2. The summed E-state index contributed by atoms with van der Waals surface area (Å²) in [7, 11) is 0. The highest BCUT2D eigenvalue weighted by molar-refractivity contribution is 5.58. The Bertz CT molecular complexity index is 734. The van der Waals surface area contributed by atoms with Crippen LogP contribution in [0.5, 0.6) is 0 Å². The van der Waals surface area contributed by atoms with Gasteiger partial charge in [-0.1, -0.05) is 30.7 Å². The molecular weight excluding hydrogens is 336 g/mol. The third kappa shape index (κ3) is 4.30. The number of benzene rings is 1. The van der Waals surface area contributed by atoms with Crippen molar-refractivity contribution in [3.05, 3.63) is 42.1 Å². The fourth-order valence-electron chi connectivity index (χ4n) is 4.19. The number of aromatic nitrogens is 2. The lowest BCUT2D eigenvalue weighted by molar-refractivity contribution is 0.145. The van der Waals surface area contributed by atoms with Gasteiger partial charge in [0.1, 0.15) is 5.82 Å². The lowest BCUT2D eigenvalue weighted by Crippen LogP contribution is -2.36. The van der Waals surface area contributed by atoms with Crippen molar-refractivity contribution in [2.75, 3.05) is 31.1 Å². The molecule has 3 heterocycles. The molecule has 2 aliphatic heterocycles. The third-order valence-electron chi connectivity index (χ3n) is 6.02. The molecule has 2 fully saturated rings. The van der Waals surface area contributed by atoms with Crippen LogP contribution in [0.15, 0.2) is 36.5 Å². The van der Waals surface area contributed by atoms with Crippen molar-refractivity contribution < 1.29 is 5.11 Å². The zero-order chi connectivity index (χ0) is 18.6. The molecule has 0 saturated carbocycles. The maximum atomic E-state index is 9.71. The van der Waals surface area contributed by atoms with Crippen molar-refractivity contribution >= 4 is 5.82 Å². The van der Waals surface area contributed by atoms with E-state index in [1.54, 1.807) is 0 Å². The van der Waals surface area contributed by atoms with Gasteiger partial charge in [-0.25, -0.2) is 9.97 Å². The summed E-state index contributed by atoms with van der Waals surface area (Å²) in [5.74, 6) is 1.73. The van der Waals surface area contributed by atoms with Crippen LogP contribution in [0.4, 0.5) is 5.82 Å². The van der Waals surface area contributed by atoms with Crippen molar-refractivity contribution in [2.24, 2.45) is 0 Å². The van der Waals surface area contributed by atoms with E-state index in [9.17, 15) is 5.11 Å². The second kappa shape index (κ2) is 8.36. The van der Waals surface area contributed by atoms with E-state index in [0.717, 1.165) is 43.1 Å². The maximum absolute atomic E-state index is 9.71. The summed E-state index contributed by atoms with van der Waals surface area (Å²) in [5.41, 5.74) is 2.42. The first-order valence-corrected chi connectivity index (χ1v) is 10.3. The Balaban J connectivity index is 1.48. The Morgan fingerprint density at radius 2 is 1.67 bits per heavy atom. The Morgan fingerprint density at radius 3 is 2.37 bits per heavy atom. The first kappa shape index (κ1) is 18.4. The molecule has 5 heteroatoms. The number of likely N-dealkylation sites (tertiary alicyclic amines) is 1. The smallest absolute Gasteiger partial charge is 0.161 e. The lowest BCUT2D eigenvalue weighted by Gasteiger charge is -2.32. The van der Waals surface area contributed by atoms with Crippen molar-refractivity contribution in [2.45, 2.75) is 51.2 Å². The number of aliphatic hydroxyl groups is 1. The average Bonchev–Trinajstić information content (AvgIpc) is 2.75. The molecule has 1 N–H and O–H groups in total. The molecule has 0 bridgehead atoms. The van der Waals surface area contributed by atoms with Crippen LogP contribution in [0.3, 0.4) is 0 Å². The normalized spacial score (nSPS) is 20.6. The summed E-state index contributed by atoms with van der Waals surface area (Å²) in [6.07, 6.45) is 7.29. The number of hydrogen-bond donors (Lipinski definition) is 1. The third-order valence-corrected chi connectivity index (χ3v) is 6.02. The van der Waals surface area contributed by atoms with Gasteiger partial charge in [0.25, 0.3) is 0 Å². The highest BCUT2D eigenvalue weighted by Crippen LogP contribution is 2.27. The van der Waals surface area contributed by atoms with Crippen LogP contribution >= 0.6 is 0 Å². The van der Waals surface area contributed by atoms with Gasteiger partial charge in [0.15, 0.2) is 5.82 Å². The van der Waals surface area contributed by atoms with Gasteiger partial charge < -0.3 is 10.0 Å². The molecule has 0 aliphatic carbocycles. The fraction of sp³-hybridized carbons (Fsp3) is 0.545. The summed E-state index contributed by atoms with van der Waals surface area (Å²) >= 11 is 0. The van der Waals surface area contributed by atoms with E-state index in [1.807, 2.05) is 12.3 Å². The first-order valence-electron chi connectivity index (χ1n) is 10.3. The maximum Gasteiger partial charge on any atom is 0.161 e. The molecule has 4 rings (SSSR count). The van der Waals surface area contributed by atoms with E-state index < -0.39 is 0 Å². The van der Waals surface area contributed by atoms with Crippen molar-refractivity contribution in [3.63, 3.8) is 0 Å². The summed E-state index contributed by atoms with van der Waals surface area (Å²) in [5, 5.41) is 9.71. The number of hydrogen-bond acceptors (Lipinski definition) is 5. The van der Waals surface area contributed by atoms with Gasteiger partial charge in [0.05, 0.1) is 6.10 Å². The van der Waals surface area contributed by atoms with E-state index >= 15 is 0 Å². The average molecular weight is 367 g/mol. The minimum atomic E-state index is -0.169. The number of rotatable bonds is 4. The van der Waals surface area contributed by atoms with E-state index in [2.05, 4.69) is 46.0 Å². The fourth-order valence-corrected chi connectivity index (χ4v) is 4.19. The van der Waals surface area contributed by atoms with Crippen LogP contribution in [0.2, 0.25) is 0 Å². The van der Waals surface area contributed by atoms with Gasteiger partial charge in [-0.15, -0.1) is 0 Å². The molecule has 0 spiro atoms. The molecule has 2 saturated heterocycles. The molecule has 144 valence electrons. The quantitative estimate of drug-likeness (QED) is 0.895. The molecular formula is C22H30N4O. The van der Waals surface area contributed by atoms with Crippen molar-refractivity contribution in [3.8, 4) is 11.4 Å². The Morgan fingerprint density at radius 1 is 0.963 bits per heavy atom. The summed E-state index contributed by atoms with van der Waals surface area (Å²) in [6.45, 7) is 6.42. The predicted molar refractivity (Wildman–Crippen MR) is 109 cm³/mol. The zero-order valence-electron chi connectivity index (χ0n) is 16.2. The summed E-state index contributed by atoms with van der Waals surface area (Å²) in [4.78, 5) is 14.1. The highest BCUT2D eigenvalue weighted by atomic mass is 16.3. The molecule has 5 nitrogen and oxygen atoms in total. The van der Waals surface area contributed by atoms with Crippen LogP contribution in [0, 0.1) is 0 Å². The molecule has 0 radical (unpaired) electrons. The van der Waals surface area contributed by atoms with Crippen LogP contribution in [-0.4, -0.2) is 52.3 Å². The van der Waals surface area contributed by atoms with Gasteiger partial charge in [-0.2, -0.15) is 0 Å². The summed E-state index contributed by atoms with van der Waals surface area (Å²) < 4.78 is 0. The SMILES string of the molecule is C[C@@H](c1ccc(-c2nccc(N3CCC(O)CC3)n2)cc1)N1CCCCC1. The Labute approximate surface area is 162 Å². The highest BCUT2D eigenvalue weighted by Gasteiger charge is 2.20. The van der Waals surface area contributed by atoms with Crippen LogP contribution in [0.1, 0.15) is 50.6 Å². The standard InChI is InChI=1S/C22H30N4O/c1-17(25-13-3-2-4-14-25)18-5-7-19(8-6-18)22-23-12-9-21(24-22)26-15-10-20(27)11-16-26/h5-9,12,17,20,27H,2-4,10-11,13-16H2,1H3/t17-/m0/s1. The van der Waals surface area contributed by atoms with Gasteiger partial charge in [-0.05, 0) is 57.3 Å². The second-order valence-corrected chi connectivity index (χ2v) is 7.85. The molecule has 1 aromatic carbocycles. The van der Waals surface area contributed by atoms with Crippen LogP contribution < -0.4 is 4.90 Å². The van der Waals surface area contributed by atoms with E-state index in [-0.39, 0.29) is 6.10 Å². The van der Waals surface area contributed by atoms with Crippen LogP contribution in [0.25, 0.3) is 11.4 Å². The zero-order valence-corrected chi connectivity index (χ0v) is 16.2. The predicted octanol–water partition coefficient (Wildman–Crippen LogP) is 3.65. The summed E-state index contributed by atoms with van der Waals surface area (Å²) in [6, 6.07) is 11.2. The monoisotopic (exact) mass is 366 g/mol. The molecule has 27 heavy (non-hydrogen) atoms. The molecule has 2 aliphatic rings. The lowest BCUT2D eigenvalue weighted by atomic mass is 10.0. The Kier molecular flexibility index (Phi) is 5.69. The molecule has 0 unspecified atom stereocenters. The molecule has 1 aromatic heterocycles.